The molecule has 0 bridgehead atoms. The van der Waals surface area contributed by atoms with Gasteiger partial charge in [-0.2, -0.15) is 0 Å². The van der Waals surface area contributed by atoms with Gasteiger partial charge in [-0.15, -0.1) is 0 Å². The molecule has 3 nitrogen and oxygen atoms in total. The number of hydrogen-bond acceptors (Lipinski definition) is 3. The van der Waals surface area contributed by atoms with E-state index in [0.717, 1.165) is 25.0 Å². The number of aliphatic hydroxyl groups excluding tert-OH is 1. The highest BCUT2D eigenvalue weighted by molar-refractivity contribution is 4.90. The number of nitrogens with zero attached hydrogens (tertiary/aromatic N) is 1. The lowest BCUT2D eigenvalue weighted by Crippen LogP contribution is -2.40. The van der Waals surface area contributed by atoms with Crippen molar-refractivity contribution in [3.63, 3.8) is 0 Å². The van der Waals surface area contributed by atoms with Crippen LogP contribution in [0.4, 0.5) is 0 Å². The summed E-state index contributed by atoms with van der Waals surface area (Å²) in [6, 6.07) is 1.52. The van der Waals surface area contributed by atoms with E-state index in [-0.39, 0.29) is 6.10 Å². The Kier molecular flexibility index (Phi) is 3.18. The molecule has 2 N–H and O–H groups in total. The fourth-order valence-corrected chi connectivity index (χ4v) is 2.37. The average molecular weight is 224 g/mol. The minimum atomic E-state index is -0.167. The molecule has 0 saturated heterocycles. The monoisotopic (exact) mass is 224 g/mol. The van der Waals surface area contributed by atoms with Gasteiger partial charge < -0.3 is 10.4 Å². The van der Waals surface area contributed by atoms with E-state index in [9.17, 15) is 5.11 Å². The predicted octanol–water partition coefficient (Wildman–Crippen LogP) is 0.974. The predicted molar refractivity (Wildman–Crippen MR) is 64.4 cm³/mol. The molecule has 0 amide bonds. The molecule has 3 saturated carbocycles. The summed E-state index contributed by atoms with van der Waals surface area (Å²) in [5.41, 5.74) is 0. The summed E-state index contributed by atoms with van der Waals surface area (Å²) in [7, 11) is 0. The second-order valence-electron chi connectivity index (χ2n) is 5.96. The third kappa shape index (κ3) is 3.44. The average Bonchev–Trinajstić information content (AvgIpc) is 3.14. The van der Waals surface area contributed by atoms with Crippen molar-refractivity contribution in [2.24, 2.45) is 5.92 Å². The third-order valence-electron chi connectivity index (χ3n) is 3.92. The van der Waals surface area contributed by atoms with Crippen molar-refractivity contribution in [3.05, 3.63) is 0 Å². The van der Waals surface area contributed by atoms with Gasteiger partial charge in [0.25, 0.3) is 0 Å². The lowest BCUT2D eigenvalue weighted by atomic mass is 10.2. The van der Waals surface area contributed by atoms with E-state index in [1.54, 1.807) is 0 Å². The zero-order valence-corrected chi connectivity index (χ0v) is 10.1. The van der Waals surface area contributed by atoms with Crippen LogP contribution >= 0.6 is 0 Å². The minimum absolute atomic E-state index is 0.167. The van der Waals surface area contributed by atoms with Gasteiger partial charge in [0.1, 0.15) is 0 Å². The van der Waals surface area contributed by atoms with Crippen molar-refractivity contribution in [2.45, 2.75) is 56.7 Å². The van der Waals surface area contributed by atoms with Gasteiger partial charge in [-0.05, 0) is 44.4 Å². The van der Waals surface area contributed by atoms with Gasteiger partial charge in [0.15, 0.2) is 0 Å². The van der Waals surface area contributed by atoms with Gasteiger partial charge in [0, 0.05) is 31.7 Å². The first-order chi connectivity index (χ1) is 7.81. The van der Waals surface area contributed by atoms with Gasteiger partial charge in [-0.25, -0.2) is 0 Å². The van der Waals surface area contributed by atoms with Crippen molar-refractivity contribution < 1.29 is 5.11 Å². The topological polar surface area (TPSA) is 35.5 Å². The van der Waals surface area contributed by atoms with Crippen LogP contribution in [0.2, 0.25) is 0 Å². The quantitative estimate of drug-likeness (QED) is 0.645. The first-order valence-electron chi connectivity index (χ1n) is 6.97. The Morgan fingerprint density at radius 1 is 1.12 bits per heavy atom. The zero-order chi connectivity index (χ0) is 11.0. The van der Waals surface area contributed by atoms with Crippen LogP contribution in [0.15, 0.2) is 0 Å². The Balaban J connectivity index is 1.38. The molecule has 3 aliphatic rings. The number of rotatable bonds is 8. The number of hydrogen-bond donors (Lipinski definition) is 2. The normalized spacial score (nSPS) is 27.4. The van der Waals surface area contributed by atoms with Gasteiger partial charge in [0.2, 0.25) is 0 Å². The van der Waals surface area contributed by atoms with Crippen molar-refractivity contribution in [1.82, 2.24) is 10.2 Å². The lowest BCUT2D eigenvalue weighted by Gasteiger charge is -2.25. The molecule has 0 aromatic carbocycles. The molecule has 3 heteroatoms. The largest absolute Gasteiger partial charge is 0.390 e. The smallest absolute Gasteiger partial charge is 0.0791 e. The van der Waals surface area contributed by atoms with Crippen LogP contribution in [0.5, 0.6) is 0 Å². The molecule has 0 radical (unpaired) electrons. The Labute approximate surface area is 98.2 Å². The fraction of sp³-hybridized carbons (Fsp3) is 1.00. The molecule has 3 rings (SSSR count). The molecule has 16 heavy (non-hydrogen) atoms. The molecule has 0 aromatic heterocycles. The molecule has 0 spiro atoms. The number of aliphatic hydroxyl groups is 1. The molecule has 1 atom stereocenters. The molecule has 3 fully saturated rings. The van der Waals surface area contributed by atoms with Crippen LogP contribution in [0.3, 0.4) is 0 Å². The van der Waals surface area contributed by atoms with Crippen LogP contribution in [0.25, 0.3) is 0 Å². The molecule has 1 unspecified atom stereocenters. The Hall–Kier alpha value is -0.120. The lowest BCUT2D eigenvalue weighted by molar-refractivity contribution is 0.104. The maximum absolute atomic E-state index is 10.0. The molecular weight excluding hydrogens is 200 g/mol. The second-order valence-corrected chi connectivity index (χ2v) is 5.96. The summed E-state index contributed by atoms with van der Waals surface area (Å²) < 4.78 is 0. The van der Waals surface area contributed by atoms with Gasteiger partial charge in [0.05, 0.1) is 6.10 Å². The maximum atomic E-state index is 10.0. The summed E-state index contributed by atoms with van der Waals surface area (Å²) in [4.78, 5) is 2.54. The van der Waals surface area contributed by atoms with Crippen LogP contribution < -0.4 is 5.32 Å². The van der Waals surface area contributed by atoms with E-state index in [0.29, 0.717) is 6.04 Å². The van der Waals surface area contributed by atoms with Gasteiger partial charge >= 0.3 is 0 Å². The van der Waals surface area contributed by atoms with E-state index in [2.05, 4.69) is 10.2 Å². The van der Waals surface area contributed by atoms with Crippen LogP contribution in [-0.4, -0.2) is 47.8 Å². The molecule has 0 aliphatic heterocycles. The fourth-order valence-electron chi connectivity index (χ4n) is 2.37. The standard InChI is InChI=1S/C13H24N2O/c16-13(7-14-11-3-4-11)9-15(12-5-6-12)8-10-1-2-10/h10-14,16H,1-9H2. The first-order valence-corrected chi connectivity index (χ1v) is 6.97. The van der Waals surface area contributed by atoms with E-state index in [1.807, 2.05) is 0 Å². The summed E-state index contributed by atoms with van der Waals surface area (Å²) in [6.45, 7) is 2.92. The van der Waals surface area contributed by atoms with Crippen molar-refractivity contribution >= 4 is 0 Å². The van der Waals surface area contributed by atoms with Crippen molar-refractivity contribution in [1.29, 1.82) is 0 Å². The number of nitrogens with one attached hydrogen (secondary N) is 1. The van der Waals surface area contributed by atoms with Crippen LogP contribution in [-0.2, 0) is 0 Å². The maximum Gasteiger partial charge on any atom is 0.0791 e. The van der Waals surface area contributed by atoms with E-state index < -0.39 is 0 Å². The summed E-state index contributed by atoms with van der Waals surface area (Å²) >= 11 is 0. The molecule has 0 aromatic rings. The minimum Gasteiger partial charge on any atom is -0.390 e. The van der Waals surface area contributed by atoms with Gasteiger partial charge in [-0.3, -0.25) is 4.90 Å². The van der Waals surface area contributed by atoms with Crippen molar-refractivity contribution in [2.75, 3.05) is 19.6 Å². The Morgan fingerprint density at radius 2 is 1.88 bits per heavy atom. The molecule has 3 aliphatic carbocycles. The van der Waals surface area contributed by atoms with E-state index in [1.165, 1.54) is 45.1 Å². The molecule has 92 valence electrons. The molecule has 0 heterocycles. The first kappa shape index (κ1) is 11.0. The van der Waals surface area contributed by atoms with E-state index >= 15 is 0 Å². The van der Waals surface area contributed by atoms with Gasteiger partial charge in [-0.1, -0.05) is 0 Å². The van der Waals surface area contributed by atoms with E-state index in [4.69, 9.17) is 0 Å². The zero-order valence-electron chi connectivity index (χ0n) is 10.1. The van der Waals surface area contributed by atoms with Crippen LogP contribution in [0.1, 0.15) is 38.5 Å². The summed E-state index contributed by atoms with van der Waals surface area (Å²) in [5, 5.41) is 13.4. The van der Waals surface area contributed by atoms with Crippen LogP contribution in [0, 0.1) is 5.92 Å². The second kappa shape index (κ2) is 4.63. The Bertz CT molecular complexity index is 234. The third-order valence-corrected chi connectivity index (χ3v) is 3.92. The SMILES string of the molecule is OC(CNC1CC1)CN(CC1CC1)C1CC1. The highest BCUT2D eigenvalue weighted by atomic mass is 16.3. The summed E-state index contributed by atoms with van der Waals surface area (Å²) in [6.07, 6.45) is 7.99. The highest BCUT2D eigenvalue weighted by Gasteiger charge is 2.34. The summed E-state index contributed by atoms with van der Waals surface area (Å²) in [5.74, 6) is 0.948. The Morgan fingerprint density at radius 3 is 2.44 bits per heavy atom. The molecular formula is C13H24N2O. The highest BCUT2D eigenvalue weighted by Crippen LogP contribution is 2.34. The van der Waals surface area contributed by atoms with Crippen molar-refractivity contribution in [3.8, 4) is 0 Å².